The number of aliphatic hydroxyl groups excluding tert-OH is 1. The minimum Gasteiger partial charge on any atom is -0.486 e. The summed E-state index contributed by atoms with van der Waals surface area (Å²) >= 11 is 0. The van der Waals surface area contributed by atoms with Gasteiger partial charge in [-0.15, -0.1) is 0 Å². The molecule has 2 heterocycles. The molecule has 0 saturated carbocycles. The van der Waals surface area contributed by atoms with Gasteiger partial charge in [0.15, 0.2) is 17.6 Å². The molecule has 0 saturated heterocycles. The van der Waals surface area contributed by atoms with Gasteiger partial charge in [0.05, 0.1) is 6.61 Å². The fourth-order valence-corrected chi connectivity index (χ4v) is 1.77. The van der Waals surface area contributed by atoms with E-state index in [9.17, 15) is 4.79 Å². The second-order valence-electron chi connectivity index (χ2n) is 3.82. The third kappa shape index (κ3) is 1.74. The fourth-order valence-electron chi connectivity index (χ4n) is 1.77. The minimum atomic E-state index is -0.401. The summed E-state index contributed by atoms with van der Waals surface area (Å²) in [5, 5.41) is 9.76. The number of aliphatic hydroxyl groups is 1. The van der Waals surface area contributed by atoms with Crippen molar-refractivity contribution < 1.29 is 19.0 Å². The second kappa shape index (κ2) is 3.78. The zero-order valence-electron chi connectivity index (χ0n) is 8.88. The summed E-state index contributed by atoms with van der Waals surface area (Å²) in [6, 6.07) is 6.37. The van der Waals surface area contributed by atoms with Gasteiger partial charge in [-0.3, -0.25) is 0 Å². The molecule has 1 aliphatic heterocycles. The van der Waals surface area contributed by atoms with Crippen LogP contribution in [0.25, 0.3) is 11.0 Å². The Morgan fingerprint density at radius 3 is 3.00 bits per heavy atom. The highest BCUT2D eigenvalue weighted by molar-refractivity contribution is 5.80. The lowest BCUT2D eigenvalue weighted by molar-refractivity contribution is 0.0458. The SMILES string of the molecule is O=c1ccc2cc3c(cc2o1)OCC(CO)O3. The van der Waals surface area contributed by atoms with Crippen LogP contribution in [-0.2, 0) is 0 Å². The Labute approximate surface area is 96.2 Å². The Balaban J connectivity index is 2.13. The topological polar surface area (TPSA) is 68.9 Å². The summed E-state index contributed by atoms with van der Waals surface area (Å²) < 4.78 is 16.0. The van der Waals surface area contributed by atoms with E-state index < -0.39 is 5.63 Å². The van der Waals surface area contributed by atoms with E-state index in [1.165, 1.54) is 6.07 Å². The van der Waals surface area contributed by atoms with Crippen molar-refractivity contribution in [3.05, 3.63) is 34.7 Å². The summed E-state index contributed by atoms with van der Waals surface area (Å²) in [4.78, 5) is 11.1. The first-order valence-corrected chi connectivity index (χ1v) is 5.24. The van der Waals surface area contributed by atoms with Crippen LogP contribution < -0.4 is 15.1 Å². The lowest BCUT2D eigenvalue weighted by atomic mass is 10.2. The van der Waals surface area contributed by atoms with E-state index in [0.717, 1.165) is 5.39 Å². The first-order valence-electron chi connectivity index (χ1n) is 5.24. The molecule has 5 nitrogen and oxygen atoms in total. The summed E-state index contributed by atoms with van der Waals surface area (Å²) in [5.74, 6) is 1.08. The molecule has 1 unspecified atom stereocenters. The molecule has 1 N–H and O–H groups in total. The number of hydrogen-bond donors (Lipinski definition) is 1. The predicted octanol–water partition coefficient (Wildman–Crippen LogP) is 0.925. The van der Waals surface area contributed by atoms with Crippen molar-refractivity contribution in [1.82, 2.24) is 0 Å². The second-order valence-corrected chi connectivity index (χ2v) is 3.82. The van der Waals surface area contributed by atoms with Gasteiger partial charge in [0.25, 0.3) is 0 Å². The normalized spacial score (nSPS) is 18.3. The molecule has 88 valence electrons. The third-order valence-electron chi connectivity index (χ3n) is 2.61. The van der Waals surface area contributed by atoms with Crippen LogP contribution in [-0.4, -0.2) is 24.4 Å². The first-order chi connectivity index (χ1) is 8.26. The molecule has 0 aliphatic carbocycles. The van der Waals surface area contributed by atoms with Crippen LogP contribution in [0.1, 0.15) is 0 Å². The Morgan fingerprint density at radius 1 is 1.29 bits per heavy atom. The maximum absolute atomic E-state index is 11.1. The van der Waals surface area contributed by atoms with Crippen molar-refractivity contribution in [2.24, 2.45) is 0 Å². The molecule has 3 rings (SSSR count). The highest BCUT2D eigenvalue weighted by atomic mass is 16.6. The molecule has 0 bridgehead atoms. The van der Waals surface area contributed by atoms with Crippen molar-refractivity contribution in [3.63, 3.8) is 0 Å². The van der Waals surface area contributed by atoms with Crippen molar-refractivity contribution in [3.8, 4) is 11.5 Å². The average molecular weight is 234 g/mol. The lowest BCUT2D eigenvalue weighted by Crippen LogP contribution is -2.32. The zero-order valence-corrected chi connectivity index (χ0v) is 8.88. The molecule has 1 aliphatic rings. The summed E-state index contributed by atoms with van der Waals surface area (Å²) in [7, 11) is 0. The third-order valence-corrected chi connectivity index (χ3v) is 2.61. The quantitative estimate of drug-likeness (QED) is 0.743. The van der Waals surface area contributed by atoms with Crippen LogP contribution in [0, 0.1) is 0 Å². The largest absolute Gasteiger partial charge is 0.486 e. The smallest absolute Gasteiger partial charge is 0.336 e. The van der Waals surface area contributed by atoms with Gasteiger partial charge in [-0.25, -0.2) is 4.79 Å². The number of benzene rings is 1. The molecule has 1 aromatic heterocycles. The van der Waals surface area contributed by atoms with Crippen molar-refractivity contribution in [2.45, 2.75) is 6.10 Å². The molecule has 17 heavy (non-hydrogen) atoms. The van der Waals surface area contributed by atoms with Gasteiger partial charge < -0.3 is 19.0 Å². The summed E-state index contributed by atoms with van der Waals surface area (Å²) in [6.07, 6.45) is -0.351. The number of fused-ring (bicyclic) bond motifs is 2. The highest BCUT2D eigenvalue weighted by Gasteiger charge is 2.21. The Morgan fingerprint density at radius 2 is 2.18 bits per heavy atom. The van der Waals surface area contributed by atoms with Crippen LogP contribution in [0.4, 0.5) is 0 Å². The van der Waals surface area contributed by atoms with Crippen molar-refractivity contribution in [2.75, 3.05) is 13.2 Å². The minimum absolute atomic E-state index is 0.0959. The van der Waals surface area contributed by atoms with Crippen LogP contribution in [0.5, 0.6) is 11.5 Å². The molecule has 1 aromatic carbocycles. The van der Waals surface area contributed by atoms with E-state index in [-0.39, 0.29) is 19.3 Å². The van der Waals surface area contributed by atoms with Gasteiger partial charge in [-0.2, -0.15) is 0 Å². The van der Waals surface area contributed by atoms with Gasteiger partial charge in [-0.05, 0) is 12.1 Å². The first kappa shape index (κ1) is 10.2. The Hall–Kier alpha value is -2.01. The van der Waals surface area contributed by atoms with Crippen molar-refractivity contribution in [1.29, 1.82) is 0 Å². The van der Waals surface area contributed by atoms with Crippen LogP contribution in [0.2, 0.25) is 0 Å². The number of rotatable bonds is 1. The van der Waals surface area contributed by atoms with Gasteiger partial charge in [0, 0.05) is 17.5 Å². The molecular formula is C12H10O5. The zero-order chi connectivity index (χ0) is 11.8. The maximum atomic E-state index is 11.1. The number of hydrogen-bond acceptors (Lipinski definition) is 5. The van der Waals surface area contributed by atoms with Crippen LogP contribution >= 0.6 is 0 Å². The molecule has 5 heteroatoms. The maximum Gasteiger partial charge on any atom is 0.336 e. The van der Waals surface area contributed by atoms with E-state index in [4.69, 9.17) is 19.0 Å². The Kier molecular flexibility index (Phi) is 2.26. The van der Waals surface area contributed by atoms with E-state index in [2.05, 4.69) is 0 Å². The monoisotopic (exact) mass is 234 g/mol. The van der Waals surface area contributed by atoms with E-state index in [1.807, 2.05) is 0 Å². The lowest BCUT2D eigenvalue weighted by Gasteiger charge is -2.25. The molecule has 2 aromatic rings. The van der Waals surface area contributed by atoms with Crippen LogP contribution in [0.15, 0.2) is 33.5 Å². The average Bonchev–Trinajstić information content (AvgIpc) is 2.35. The Bertz CT molecular complexity index is 616. The molecule has 0 radical (unpaired) electrons. The van der Waals surface area contributed by atoms with E-state index in [0.29, 0.717) is 17.1 Å². The van der Waals surface area contributed by atoms with Gasteiger partial charge >= 0.3 is 5.63 Å². The molecular weight excluding hydrogens is 224 g/mol. The highest BCUT2D eigenvalue weighted by Crippen LogP contribution is 2.35. The molecule has 1 atom stereocenters. The summed E-state index contributed by atoms with van der Waals surface area (Å²) in [6.45, 7) is 0.188. The predicted molar refractivity (Wildman–Crippen MR) is 59.5 cm³/mol. The fraction of sp³-hybridized carbons (Fsp3) is 0.250. The van der Waals surface area contributed by atoms with Gasteiger partial charge in [0.1, 0.15) is 12.2 Å². The molecule has 0 spiro atoms. The van der Waals surface area contributed by atoms with E-state index in [1.54, 1.807) is 18.2 Å². The summed E-state index contributed by atoms with van der Waals surface area (Å²) in [5.41, 5.74) is 0.0599. The van der Waals surface area contributed by atoms with Gasteiger partial charge in [0.2, 0.25) is 0 Å². The number of ether oxygens (including phenoxy) is 2. The standard InChI is InChI=1S/C12H10O5/c13-5-8-6-15-10-4-9-7(3-11(10)16-8)1-2-12(14)17-9/h1-4,8,13H,5-6H2. The van der Waals surface area contributed by atoms with Gasteiger partial charge in [-0.1, -0.05) is 0 Å². The molecule has 0 fully saturated rings. The van der Waals surface area contributed by atoms with Crippen LogP contribution in [0.3, 0.4) is 0 Å². The molecule has 0 amide bonds. The van der Waals surface area contributed by atoms with E-state index >= 15 is 0 Å². The van der Waals surface area contributed by atoms with Crippen molar-refractivity contribution >= 4 is 11.0 Å².